The summed E-state index contributed by atoms with van der Waals surface area (Å²) in [5, 5.41) is 0. The first kappa shape index (κ1) is 18.2. The quantitative estimate of drug-likeness (QED) is 0.505. The monoisotopic (exact) mass is 399 g/mol. The lowest BCUT2D eigenvalue weighted by atomic mass is 10.1. The van der Waals surface area contributed by atoms with Crippen molar-refractivity contribution in [3.05, 3.63) is 92.8 Å². The standard InChI is InChI=1S/C23H21N5O2/c1-3-17-18(16-12-8-5-9-13-16)27(14-15-10-6-4-7-11-15)22-24-20-19(28(17)22)21(29)25-23(30)26(20)2/h4-13H,3,14H2,1-2H3,(H,25,29,30). The number of rotatable bonds is 4. The molecule has 0 aliphatic carbocycles. The van der Waals surface area contributed by atoms with Gasteiger partial charge in [-0.2, -0.15) is 4.98 Å². The molecule has 0 saturated carbocycles. The number of hydrogen-bond donors (Lipinski definition) is 1. The SMILES string of the molecule is CCc1c(-c2ccccc2)n(Cc2ccccc2)c2nc3c(c(=O)[nH]c(=O)n3C)n12. The van der Waals surface area contributed by atoms with E-state index in [4.69, 9.17) is 4.98 Å². The Morgan fingerprint density at radius 2 is 1.63 bits per heavy atom. The smallest absolute Gasteiger partial charge is 0.305 e. The lowest BCUT2D eigenvalue weighted by Crippen LogP contribution is -2.28. The molecule has 0 bridgehead atoms. The summed E-state index contributed by atoms with van der Waals surface area (Å²) in [5.41, 5.74) is 4.09. The van der Waals surface area contributed by atoms with Crippen LogP contribution in [0.3, 0.4) is 0 Å². The Balaban J connectivity index is 1.94. The third-order valence-corrected chi connectivity index (χ3v) is 5.52. The number of imidazole rings is 2. The fourth-order valence-corrected chi connectivity index (χ4v) is 4.13. The van der Waals surface area contributed by atoms with Crippen LogP contribution in [-0.4, -0.2) is 23.5 Å². The van der Waals surface area contributed by atoms with Crippen LogP contribution in [-0.2, 0) is 20.0 Å². The molecule has 0 saturated heterocycles. The highest BCUT2D eigenvalue weighted by Crippen LogP contribution is 2.31. The number of nitrogens with zero attached hydrogens (tertiary/aromatic N) is 4. The molecule has 2 aromatic carbocycles. The van der Waals surface area contributed by atoms with Crippen molar-refractivity contribution in [2.24, 2.45) is 7.05 Å². The van der Waals surface area contributed by atoms with Crippen molar-refractivity contribution in [1.82, 2.24) is 23.5 Å². The van der Waals surface area contributed by atoms with Gasteiger partial charge in [0.05, 0.1) is 17.9 Å². The zero-order valence-electron chi connectivity index (χ0n) is 16.8. The van der Waals surface area contributed by atoms with Crippen LogP contribution in [0.4, 0.5) is 0 Å². The molecule has 0 atom stereocenters. The minimum absolute atomic E-state index is 0.384. The van der Waals surface area contributed by atoms with Gasteiger partial charge in [0.25, 0.3) is 5.56 Å². The summed E-state index contributed by atoms with van der Waals surface area (Å²) < 4.78 is 5.42. The van der Waals surface area contributed by atoms with E-state index in [1.54, 1.807) is 7.05 Å². The second kappa shape index (κ2) is 6.88. The number of fused-ring (bicyclic) bond motifs is 3. The lowest BCUT2D eigenvalue weighted by molar-refractivity contribution is 0.815. The van der Waals surface area contributed by atoms with E-state index in [1.807, 2.05) is 40.8 Å². The van der Waals surface area contributed by atoms with E-state index in [0.29, 0.717) is 29.9 Å². The van der Waals surface area contributed by atoms with Crippen molar-refractivity contribution in [2.75, 3.05) is 0 Å². The van der Waals surface area contributed by atoms with E-state index < -0.39 is 11.2 Å². The summed E-state index contributed by atoms with van der Waals surface area (Å²) in [6, 6.07) is 20.3. The predicted molar refractivity (Wildman–Crippen MR) is 117 cm³/mol. The third kappa shape index (κ3) is 2.62. The maximum absolute atomic E-state index is 12.8. The fourth-order valence-electron chi connectivity index (χ4n) is 4.13. The van der Waals surface area contributed by atoms with Crippen molar-refractivity contribution >= 4 is 16.9 Å². The van der Waals surface area contributed by atoms with Crippen molar-refractivity contribution in [2.45, 2.75) is 19.9 Å². The number of aryl methyl sites for hydroxylation is 2. The fraction of sp³-hybridized carbons (Fsp3) is 0.174. The highest BCUT2D eigenvalue weighted by molar-refractivity contribution is 5.80. The van der Waals surface area contributed by atoms with E-state index in [-0.39, 0.29) is 0 Å². The predicted octanol–water partition coefficient (Wildman–Crippen LogP) is 2.95. The van der Waals surface area contributed by atoms with Crippen LogP contribution < -0.4 is 11.2 Å². The van der Waals surface area contributed by atoms with Crippen LogP contribution >= 0.6 is 0 Å². The van der Waals surface area contributed by atoms with Crippen LogP contribution in [0.15, 0.2) is 70.3 Å². The van der Waals surface area contributed by atoms with Gasteiger partial charge in [0.1, 0.15) is 0 Å². The first-order valence-electron chi connectivity index (χ1n) is 9.92. The van der Waals surface area contributed by atoms with Gasteiger partial charge in [-0.05, 0) is 12.0 Å². The molecule has 3 aromatic heterocycles. The van der Waals surface area contributed by atoms with E-state index in [2.05, 4.69) is 40.7 Å². The Labute approximate surface area is 171 Å². The van der Waals surface area contributed by atoms with Gasteiger partial charge in [-0.3, -0.25) is 18.7 Å². The zero-order valence-corrected chi connectivity index (χ0v) is 16.8. The molecular formula is C23H21N5O2. The second-order valence-electron chi connectivity index (χ2n) is 7.32. The number of hydrogen-bond acceptors (Lipinski definition) is 3. The Kier molecular flexibility index (Phi) is 4.17. The normalized spacial score (nSPS) is 11.5. The molecule has 30 heavy (non-hydrogen) atoms. The third-order valence-electron chi connectivity index (χ3n) is 5.52. The molecular weight excluding hydrogens is 378 g/mol. The number of aromatic amines is 1. The molecule has 0 fully saturated rings. The van der Waals surface area contributed by atoms with Gasteiger partial charge in [-0.15, -0.1) is 0 Å². The maximum Gasteiger partial charge on any atom is 0.329 e. The Bertz CT molecular complexity index is 1490. The average Bonchev–Trinajstić information content (AvgIpc) is 3.29. The molecule has 150 valence electrons. The van der Waals surface area contributed by atoms with Gasteiger partial charge in [-0.1, -0.05) is 67.6 Å². The molecule has 7 heteroatoms. The molecule has 0 radical (unpaired) electrons. The summed E-state index contributed by atoms with van der Waals surface area (Å²) in [6.07, 6.45) is 0.705. The number of benzene rings is 2. The van der Waals surface area contributed by atoms with E-state index >= 15 is 0 Å². The van der Waals surface area contributed by atoms with Gasteiger partial charge in [0.2, 0.25) is 5.78 Å². The molecule has 5 rings (SSSR count). The highest BCUT2D eigenvalue weighted by atomic mass is 16.2. The summed E-state index contributed by atoms with van der Waals surface area (Å²) in [4.78, 5) is 32.1. The Morgan fingerprint density at radius 3 is 2.30 bits per heavy atom. The van der Waals surface area contributed by atoms with E-state index in [1.165, 1.54) is 4.57 Å². The van der Waals surface area contributed by atoms with Crippen LogP contribution in [0.1, 0.15) is 18.2 Å². The number of H-pyrrole nitrogens is 1. The Hall–Kier alpha value is -3.87. The minimum atomic E-state index is -0.468. The van der Waals surface area contributed by atoms with Gasteiger partial charge < -0.3 is 4.57 Å². The van der Waals surface area contributed by atoms with Crippen LogP contribution in [0.5, 0.6) is 0 Å². The molecule has 0 unspecified atom stereocenters. The lowest BCUT2D eigenvalue weighted by Gasteiger charge is -2.11. The molecule has 5 aromatic rings. The average molecular weight is 399 g/mol. The second-order valence-corrected chi connectivity index (χ2v) is 7.32. The van der Waals surface area contributed by atoms with E-state index in [0.717, 1.165) is 22.5 Å². The molecule has 0 spiro atoms. The summed E-state index contributed by atoms with van der Waals surface area (Å²) in [5.74, 6) is 0.649. The van der Waals surface area contributed by atoms with Gasteiger partial charge in [0, 0.05) is 12.6 Å². The molecule has 3 heterocycles. The van der Waals surface area contributed by atoms with E-state index in [9.17, 15) is 9.59 Å². The maximum atomic E-state index is 12.8. The number of nitrogens with one attached hydrogen (secondary N) is 1. The minimum Gasteiger partial charge on any atom is -0.305 e. The van der Waals surface area contributed by atoms with Gasteiger partial charge in [-0.25, -0.2) is 4.79 Å². The molecule has 1 N–H and O–H groups in total. The zero-order chi connectivity index (χ0) is 20.8. The first-order valence-corrected chi connectivity index (χ1v) is 9.92. The van der Waals surface area contributed by atoms with Crippen LogP contribution in [0.2, 0.25) is 0 Å². The molecule has 0 aliphatic rings. The molecule has 0 amide bonds. The molecule has 7 nitrogen and oxygen atoms in total. The van der Waals surface area contributed by atoms with Gasteiger partial charge in [0.15, 0.2) is 11.2 Å². The summed E-state index contributed by atoms with van der Waals surface area (Å²) in [6.45, 7) is 2.67. The van der Waals surface area contributed by atoms with Crippen molar-refractivity contribution < 1.29 is 0 Å². The van der Waals surface area contributed by atoms with Crippen molar-refractivity contribution in [3.8, 4) is 11.3 Å². The highest BCUT2D eigenvalue weighted by Gasteiger charge is 2.24. The topological polar surface area (TPSA) is 77.1 Å². The largest absolute Gasteiger partial charge is 0.329 e. The molecule has 0 aliphatic heterocycles. The summed E-state index contributed by atoms with van der Waals surface area (Å²) in [7, 11) is 1.62. The van der Waals surface area contributed by atoms with Gasteiger partial charge >= 0.3 is 5.69 Å². The van der Waals surface area contributed by atoms with Crippen molar-refractivity contribution in [1.29, 1.82) is 0 Å². The van der Waals surface area contributed by atoms with Crippen molar-refractivity contribution in [3.63, 3.8) is 0 Å². The first-order chi connectivity index (χ1) is 14.6. The van der Waals surface area contributed by atoms with Crippen LogP contribution in [0.25, 0.3) is 28.2 Å². The number of aromatic nitrogens is 5. The summed E-state index contributed by atoms with van der Waals surface area (Å²) >= 11 is 0. The Morgan fingerprint density at radius 1 is 0.967 bits per heavy atom. The van der Waals surface area contributed by atoms with Crippen LogP contribution in [0, 0.1) is 0 Å².